The Bertz CT molecular complexity index is 697. The first-order valence-corrected chi connectivity index (χ1v) is 7.56. The Morgan fingerprint density at radius 1 is 1.41 bits per heavy atom. The van der Waals surface area contributed by atoms with Crippen LogP contribution in [0.1, 0.15) is 27.9 Å². The van der Waals surface area contributed by atoms with Crippen molar-refractivity contribution in [3.63, 3.8) is 0 Å². The lowest BCUT2D eigenvalue weighted by atomic mass is 10.2. The van der Waals surface area contributed by atoms with Crippen molar-refractivity contribution in [2.24, 2.45) is 0 Å². The number of ether oxygens (including phenoxy) is 1. The topological polar surface area (TPSA) is 88.5 Å². The Hall–Kier alpha value is -2.41. The highest BCUT2D eigenvalue weighted by molar-refractivity contribution is 7.10. The molecule has 0 fully saturated rings. The van der Waals surface area contributed by atoms with Crippen LogP contribution in [0.4, 0.5) is 5.69 Å². The normalized spacial score (nSPS) is 10.3. The summed E-state index contributed by atoms with van der Waals surface area (Å²) in [7, 11) is 1.54. The zero-order valence-corrected chi connectivity index (χ0v) is 13.1. The standard InChI is InChI=1S/C15H16N2O4S/c1-3-11-12(4-5-14(17-11)21-2)16-13(18)7-10-6-9(8-22-10)15(19)20/h4-6,8H,3,7H2,1-2H3,(H,16,18)(H,19,20). The van der Waals surface area contributed by atoms with Crippen molar-refractivity contribution in [2.75, 3.05) is 12.4 Å². The molecule has 2 N–H and O–H groups in total. The highest BCUT2D eigenvalue weighted by Gasteiger charge is 2.12. The average Bonchev–Trinajstić information content (AvgIpc) is 2.96. The minimum Gasteiger partial charge on any atom is -0.481 e. The predicted molar refractivity (Wildman–Crippen MR) is 83.8 cm³/mol. The molecule has 1 amide bonds. The summed E-state index contributed by atoms with van der Waals surface area (Å²) in [4.78, 5) is 27.9. The Morgan fingerprint density at radius 2 is 2.18 bits per heavy atom. The van der Waals surface area contributed by atoms with E-state index in [0.717, 1.165) is 5.69 Å². The van der Waals surface area contributed by atoms with Crippen LogP contribution in [-0.2, 0) is 17.6 Å². The molecule has 0 saturated heterocycles. The van der Waals surface area contributed by atoms with E-state index in [2.05, 4.69) is 10.3 Å². The molecule has 0 atom stereocenters. The van der Waals surface area contributed by atoms with Gasteiger partial charge in [-0.1, -0.05) is 6.92 Å². The van der Waals surface area contributed by atoms with Gasteiger partial charge >= 0.3 is 5.97 Å². The van der Waals surface area contributed by atoms with Crippen molar-refractivity contribution in [3.05, 3.63) is 39.7 Å². The van der Waals surface area contributed by atoms with Gasteiger partial charge < -0.3 is 15.2 Å². The summed E-state index contributed by atoms with van der Waals surface area (Å²) in [5, 5.41) is 13.2. The van der Waals surface area contributed by atoms with Crippen molar-refractivity contribution < 1.29 is 19.4 Å². The van der Waals surface area contributed by atoms with Crippen molar-refractivity contribution in [2.45, 2.75) is 19.8 Å². The molecule has 0 spiro atoms. The fourth-order valence-electron chi connectivity index (χ4n) is 1.92. The number of carbonyl (C=O) groups excluding carboxylic acids is 1. The molecule has 7 heteroatoms. The molecule has 0 saturated carbocycles. The lowest BCUT2D eigenvalue weighted by Gasteiger charge is -2.10. The molecule has 6 nitrogen and oxygen atoms in total. The zero-order valence-electron chi connectivity index (χ0n) is 12.3. The van der Waals surface area contributed by atoms with Crippen molar-refractivity contribution >= 4 is 28.9 Å². The summed E-state index contributed by atoms with van der Waals surface area (Å²) in [5.74, 6) is -0.699. The monoisotopic (exact) mass is 320 g/mol. The zero-order chi connectivity index (χ0) is 16.1. The van der Waals surface area contributed by atoms with Gasteiger partial charge in [0.2, 0.25) is 11.8 Å². The number of nitrogens with one attached hydrogen (secondary N) is 1. The molecule has 0 bridgehead atoms. The Balaban J connectivity index is 2.06. The summed E-state index contributed by atoms with van der Waals surface area (Å²) < 4.78 is 5.06. The summed E-state index contributed by atoms with van der Waals surface area (Å²) in [6.45, 7) is 1.94. The van der Waals surface area contributed by atoms with E-state index in [1.54, 1.807) is 12.1 Å². The van der Waals surface area contributed by atoms with Crippen molar-refractivity contribution in [1.29, 1.82) is 0 Å². The fraction of sp³-hybridized carbons (Fsp3) is 0.267. The number of thiophene rings is 1. The van der Waals surface area contributed by atoms with E-state index in [0.29, 0.717) is 22.9 Å². The van der Waals surface area contributed by atoms with E-state index in [4.69, 9.17) is 9.84 Å². The molecule has 0 aliphatic heterocycles. The minimum absolute atomic E-state index is 0.132. The van der Waals surface area contributed by atoms with Crippen LogP contribution >= 0.6 is 11.3 Å². The average molecular weight is 320 g/mol. The van der Waals surface area contributed by atoms with Crippen molar-refractivity contribution in [3.8, 4) is 5.88 Å². The summed E-state index contributed by atoms with van der Waals surface area (Å²) >= 11 is 1.26. The van der Waals surface area contributed by atoms with Gasteiger partial charge in [0.05, 0.1) is 30.5 Å². The van der Waals surface area contributed by atoms with E-state index in [1.165, 1.54) is 29.9 Å². The lowest BCUT2D eigenvalue weighted by Crippen LogP contribution is -2.15. The number of carboxylic acid groups (broad SMARTS) is 1. The molecule has 0 aromatic carbocycles. The van der Waals surface area contributed by atoms with Gasteiger partial charge in [-0.2, -0.15) is 0 Å². The highest BCUT2D eigenvalue weighted by atomic mass is 32.1. The van der Waals surface area contributed by atoms with Gasteiger partial charge in [-0.3, -0.25) is 4.79 Å². The number of amides is 1. The SMILES string of the molecule is CCc1nc(OC)ccc1NC(=O)Cc1cc(C(=O)O)cs1. The number of hydrogen-bond donors (Lipinski definition) is 2. The van der Waals surface area contributed by atoms with Crippen LogP contribution in [0.2, 0.25) is 0 Å². The summed E-state index contributed by atoms with van der Waals surface area (Å²) in [5.41, 5.74) is 1.58. The fourth-order valence-corrected chi connectivity index (χ4v) is 2.77. The molecule has 2 heterocycles. The number of aromatic nitrogens is 1. The number of nitrogens with zero attached hydrogens (tertiary/aromatic N) is 1. The minimum atomic E-state index is -0.990. The summed E-state index contributed by atoms with van der Waals surface area (Å²) in [6.07, 6.45) is 0.794. The number of aryl methyl sites for hydroxylation is 1. The van der Waals surface area contributed by atoms with E-state index in [-0.39, 0.29) is 17.9 Å². The number of methoxy groups -OCH3 is 1. The molecule has 22 heavy (non-hydrogen) atoms. The molecule has 0 aliphatic carbocycles. The van der Waals surface area contributed by atoms with Crippen LogP contribution < -0.4 is 10.1 Å². The van der Waals surface area contributed by atoms with Crippen LogP contribution in [0.15, 0.2) is 23.6 Å². The van der Waals surface area contributed by atoms with E-state index in [1.807, 2.05) is 6.92 Å². The second-order valence-electron chi connectivity index (χ2n) is 4.53. The van der Waals surface area contributed by atoms with Gasteiger partial charge in [0.1, 0.15) is 0 Å². The number of aromatic carboxylic acids is 1. The Labute approximate surface area is 131 Å². The first-order chi connectivity index (χ1) is 10.5. The molecule has 0 radical (unpaired) electrons. The molecule has 2 rings (SSSR count). The number of carboxylic acids is 1. The predicted octanol–water partition coefficient (Wildman–Crippen LogP) is 2.59. The van der Waals surface area contributed by atoms with Gasteiger partial charge in [-0.15, -0.1) is 11.3 Å². The largest absolute Gasteiger partial charge is 0.481 e. The molecule has 0 unspecified atom stereocenters. The van der Waals surface area contributed by atoms with E-state index < -0.39 is 5.97 Å². The molecular formula is C15H16N2O4S. The molecule has 0 aliphatic rings. The molecule has 2 aromatic heterocycles. The number of pyridine rings is 1. The Kier molecular flexibility index (Phi) is 5.11. The number of anilines is 1. The lowest BCUT2D eigenvalue weighted by molar-refractivity contribution is -0.115. The maximum Gasteiger partial charge on any atom is 0.336 e. The van der Waals surface area contributed by atoms with Gasteiger partial charge in [0, 0.05) is 16.3 Å². The second-order valence-corrected chi connectivity index (χ2v) is 5.53. The molecule has 116 valence electrons. The smallest absolute Gasteiger partial charge is 0.336 e. The summed E-state index contributed by atoms with van der Waals surface area (Å²) in [6, 6.07) is 4.95. The van der Waals surface area contributed by atoms with Crippen molar-refractivity contribution in [1.82, 2.24) is 4.98 Å². The third-order valence-electron chi connectivity index (χ3n) is 3.00. The van der Waals surface area contributed by atoms with Crippen LogP contribution in [-0.4, -0.2) is 29.1 Å². The van der Waals surface area contributed by atoms with Gasteiger partial charge in [0.25, 0.3) is 0 Å². The first-order valence-electron chi connectivity index (χ1n) is 6.68. The maximum atomic E-state index is 12.1. The first kappa shape index (κ1) is 16.0. The molecule has 2 aromatic rings. The molecular weight excluding hydrogens is 304 g/mol. The number of rotatable bonds is 6. The highest BCUT2D eigenvalue weighted by Crippen LogP contribution is 2.20. The van der Waals surface area contributed by atoms with Crippen LogP contribution in [0.3, 0.4) is 0 Å². The van der Waals surface area contributed by atoms with Crippen LogP contribution in [0, 0.1) is 0 Å². The van der Waals surface area contributed by atoms with Gasteiger partial charge in [-0.25, -0.2) is 9.78 Å². The van der Waals surface area contributed by atoms with Gasteiger partial charge in [0.15, 0.2) is 0 Å². The Morgan fingerprint density at radius 3 is 2.77 bits per heavy atom. The number of hydrogen-bond acceptors (Lipinski definition) is 5. The van der Waals surface area contributed by atoms with E-state index in [9.17, 15) is 9.59 Å². The van der Waals surface area contributed by atoms with E-state index >= 15 is 0 Å². The third-order valence-corrected chi connectivity index (χ3v) is 3.94. The number of carbonyl (C=O) groups is 2. The van der Waals surface area contributed by atoms with Gasteiger partial charge in [-0.05, 0) is 18.6 Å². The van der Waals surface area contributed by atoms with Crippen LogP contribution in [0.25, 0.3) is 0 Å². The maximum absolute atomic E-state index is 12.1. The van der Waals surface area contributed by atoms with Crippen LogP contribution in [0.5, 0.6) is 5.88 Å². The third kappa shape index (κ3) is 3.82. The quantitative estimate of drug-likeness (QED) is 0.854. The second kappa shape index (κ2) is 7.04.